The minimum Gasteiger partial charge on any atom is -0.456 e. The van der Waals surface area contributed by atoms with Crippen molar-refractivity contribution >= 4 is 82.4 Å². The molecule has 0 aliphatic carbocycles. The van der Waals surface area contributed by atoms with Crippen LogP contribution < -0.4 is 4.90 Å². The quantitative estimate of drug-likeness (QED) is 0.149. The van der Waals surface area contributed by atoms with E-state index in [0.29, 0.717) is 0 Å². The SMILES string of the molecule is c1ccc(N(c2ccc(-c3ccc(-c4ccc(-n5c6ccccc6c6ccccc65)cc4)cc3)cc2)c2cc3ccccc3c3ccccc23)c(-c2cccc3oc4ccccc4c23)c1. The summed E-state index contributed by atoms with van der Waals surface area (Å²) in [5, 5.41) is 9.64. The number of hydrogen-bond acceptors (Lipinski definition) is 2. The first-order chi connectivity index (χ1) is 32.2. The Balaban J connectivity index is 0.895. The van der Waals surface area contributed by atoms with E-state index in [1.165, 1.54) is 60.0 Å². The van der Waals surface area contributed by atoms with E-state index in [4.69, 9.17) is 4.42 Å². The molecule has 0 saturated heterocycles. The first-order valence-corrected chi connectivity index (χ1v) is 22.2. The van der Waals surface area contributed by atoms with Gasteiger partial charge in [-0.25, -0.2) is 0 Å². The third-order valence-corrected chi connectivity index (χ3v) is 13.2. The van der Waals surface area contributed by atoms with E-state index in [-0.39, 0.29) is 0 Å². The second-order valence-electron chi connectivity index (χ2n) is 16.8. The van der Waals surface area contributed by atoms with Crippen LogP contribution in [0.15, 0.2) is 247 Å². The van der Waals surface area contributed by atoms with Crippen molar-refractivity contribution in [1.82, 2.24) is 4.57 Å². The van der Waals surface area contributed by atoms with Gasteiger partial charge in [0.25, 0.3) is 0 Å². The lowest BCUT2D eigenvalue weighted by Crippen LogP contribution is -2.12. The van der Waals surface area contributed by atoms with Crippen LogP contribution in [-0.4, -0.2) is 4.57 Å². The highest BCUT2D eigenvalue weighted by molar-refractivity contribution is 6.17. The van der Waals surface area contributed by atoms with Crippen LogP contribution in [-0.2, 0) is 0 Å². The number of benzene rings is 11. The molecule has 304 valence electrons. The Morgan fingerprint density at radius 2 is 0.815 bits per heavy atom. The molecule has 0 aliphatic rings. The maximum atomic E-state index is 6.41. The molecule has 65 heavy (non-hydrogen) atoms. The molecule has 13 rings (SSSR count). The first-order valence-electron chi connectivity index (χ1n) is 22.2. The highest BCUT2D eigenvalue weighted by Crippen LogP contribution is 2.48. The van der Waals surface area contributed by atoms with Gasteiger partial charge >= 0.3 is 0 Å². The van der Waals surface area contributed by atoms with Crippen molar-refractivity contribution in [2.45, 2.75) is 0 Å². The summed E-state index contributed by atoms with van der Waals surface area (Å²) in [7, 11) is 0. The van der Waals surface area contributed by atoms with Crippen LogP contribution in [0, 0.1) is 0 Å². The normalized spacial score (nSPS) is 11.7. The molecule has 13 aromatic rings. The van der Waals surface area contributed by atoms with Crippen LogP contribution in [0.4, 0.5) is 17.1 Å². The molecule has 0 atom stereocenters. The van der Waals surface area contributed by atoms with Crippen molar-refractivity contribution in [1.29, 1.82) is 0 Å². The number of para-hydroxylation sites is 4. The van der Waals surface area contributed by atoms with E-state index in [0.717, 1.165) is 61.4 Å². The van der Waals surface area contributed by atoms with Crippen molar-refractivity contribution in [2.24, 2.45) is 0 Å². The summed E-state index contributed by atoms with van der Waals surface area (Å²) in [5.41, 5.74) is 15.6. The van der Waals surface area contributed by atoms with Gasteiger partial charge in [0.15, 0.2) is 0 Å². The number of rotatable bonds is 7. The Labute approximate surface area is 376 Å². The van der Waals surface area contributed by atoms with Crippen molar-refractivity contribution in [2.75, 3.05) is 4.90 Å². The second-order valence-corrected chi connectivity index (χ2v) is 16.8. The van der Waals surface area contributed by atoms with Crippen LogP contribution in [0.5, 0.6) is 0 Å². The number of hydrogen-bond donors (Lipinski definition) is 0. The zero-order chi connectivity index (χ0) is 42.8. The zero-order valence-electron chi connectivity index (χ0n) is 35.4. The molecular formula is C62H40N2O. The fourth-order valence-electron chi connectivity index (χ4n) is 10.2. The van der Waals surface area contributed by atoms with Crippen LogP contribution in [0.1, 0.15) is 0 Å². The van der Waals surface area contributed by atoms with E-state index >= 15 is 0 Å². The molecule has 0 aliphatic heterocycles. The molecule has 0 bridgehead atoms. The maximum absolute atomic E-state index is 6.41. The van der Waals surface area contributed by atoms with Gasteiger partial charge in [-0.05, 0) is 105 Å². The van der Waals surface area contributed by atoms with Gasteiger partial charge in [-0.1, -0.05) is 182 Å². The smallest absolute Gasteiger partial charge is 0.136 e. The number of furan rings is 1. The standard InChI is InChI=1S/C62H40N2O/c1-2-15-48-45(14-1)40-59(50-17-4-3-16-49(48)50)64(58-25-11-7-20-53(58)54-22-13-27-61-62(54)55-21-8-12-26-60(55)65-61)47-38-34-44(35-39-47)42-30-28-41(29-31-42)43-32-36-46(37-33-43)63-56-23-9-5-18-51(56)52-19-6-10-24-57(52)63/h1-40H. The predicted octanol–water partition coefficient (Wildman–Crippen LogP) is 17.5. The third kappa shape index (κ3) is 6.05. The highest BCUT2D eigenvalue weighted by Gasteiger charge is 2.23. The maximum Gasteiger partial charge on any atom is 0.136 e. The molecule has 2 aromatic heterocycles. The van der Waals surface area contributed by atoms with Crippen LogP contribution in [0.25, 0.3) is 104 Å². The lowest BCUT2D eigenvalue weighted by atomic mass is 9.95. The predicted molar refractivity (Wildman–Crippen MR) is 274 cm³/mol. The number of anilines is 3. The summed E-state index contributed by atoms with van der Waals surface area (Å²) in [6.07, 6.45) is 0. The molecule has 0 N–H and O–H groups in total. The minimum atomic E-state index is 0.882. The molecule has 0 fully saturated rings. The second kappa shape index (κ2) is 15.0. The molecule has 0 amide bonds. The van der Waals surface area contributed by atoms with Gasteiger partial charge in [0, 0.05) is 43.9 Å². The van der Waals surface area contributed by atoms with E-state index in [2.05, 4.69) is 246 Å². The summed E-state index contributed by atoms with van der Waals surface area (Å²) in [4.78, 5) is 2.45. The van der Waals surface area contributed by atoms with E-state index in [9.17, 15) is 0 Å². The van der Waals surface area contributed by atoms with Crippen LogP contribution in [0.3, 0.4) is 0 Å². The molecule has 3 nitrogen and oxygen atoms in total. The van der Waals surface area contributed by atoms with Gasteiger partial charge in [-0.3, -0.25) is 0 Å². The first kappa shape index (κ1) is 36.9. The molecule has 11 aromatic carbocycles. The summed E-state index contributed by atoms with van der Waals surface area (Å²) < 4.78 is 8.77. The molecule has 0 saturated carbocycles. The largest absolute Gasteiger partial charge is 0.456 e. The van der Waals surface area contributed by atoms with Gasteiger partial charge in [-0.15, -0.1) is 0 Å². The van der Waals surface area contributed by atoms with Gasteiger partial charge in [0.05, 0.1) is 22.4 Å². The van der Waals surface area contributed by atoms with Crippen molar-refractivity contribution in [3.63, 3.8) is 0 Å². The van der Waals surface area contributed by atoms with E-state index < -0.39 is 0 Å². The average molecular weight is 829 g/mol. The van der Waals surface area contributed by atoms with Gasteiger partial charge in [0.1, 0.15) is 11.2 Å². The van der Waals surface area contributed by atoms with Gasteiger partial charge in [-0.2, -0.15) is 0 Å². The Morgan fingerprint density at radius 3 is 1.51 bits per heavy atom. The summed E-state index contributed by atoms with van der Waals surface area (Å²) in [5.74, 6) is 0. The van der Waals surface area contributed by atoms with Crippen molar-refractivity contribution in [3.8, 4) is 39.1 Å². The zero-order valence-corrected chi connectivity index (χ0v) is 35.4. The molecule has 0 radical (unpaired) electrons. The fourth-order valence-corrected chi connectivity index (χ4v) is 10.2. The van der Waals surface area contributed by atoms with E-state index in [1.54, 1.807) is 0 Å². The minimum absolute atomic E-state index is 0.882. The van der Waals surface area contributed by atoms with Gasteiger partial charge in [0.2, 0.25) is 0 Å². The Bertz CT molecular complexity index is 3880. The number of aromatic nitrogens is 1. The molecular weight excluding hydrogens is 789 g/mol. The van der Waals surface area contributed by atoms with Crippen molar-refractivity contribution < 1.29 is 4.42 Å². The Hall–Kier alpha value is -8.66. The van der Waals surface area contributed by atoms with Crippen LogP contribution in [0.2, 0.25) is 0 Å². The topological polar surface area (TPSA) is 21.3 Å². The average Bonchev–Trinajstić information content (AvgIpc) is 3.93. The highest BCUT2D eigenvalue weighted by atomic mass is 16.3. The van der Waals surface area contributed by atoms with Crippen LogP contribution >= 0.6 is 0 Å². The molecule has 3 heteroatoms. The fraction of sp³-hybridized carbons (Fsp3) is 0. The lowest BCUT2D eigenvalue weighted by Gasteiger charge is -2.30. The Kier molecular flexibility index (Phi) is 8.53. The third-order valence-electron chi connectivity index (χ3n) is 13.2. The molecule has 0 spiro atoms. The summed E-state index contributed by atoms with van der Waals surface area (Å²) in [6.45, 7) is 0. The monoisotopic (exact) mass is 828 g/mol. The number of nitrogens with zero attached hydrogens (tertiary/aromatic N) is 2. The van der Waals surface area contributed by atoms with Gasteiger partial charge < -0.3 is 13.9 Å². The summed E-state index contributed by atoms with van der Waals surface area (Å²) in [6, 6.07) is 87.7. The summed E-state index contributed by atoms with van der Waals surface area (Å²) >= 11 is 0. The number of fused-ring (bicyclic) bond motifs is 9. The lowest BCUT2D eigenvalue weighted by molar-refractivity contribution is 0.669. The molecule has 0 unspecified atom stereocenters. The van der Waals surface area contributed by atoms with Crippen molar-refractivity contribution in [3.05, 3.63) is 243 Å². The van der Waals surface area contributed by atoms with E-state index in [1.807, 2.05) is 6.07 Å². The molecule has 2 heterocycles. The Morgan fingerprint density at radius 1 is 0.323 bits per heavy atom.